The van der Waals surface area contributed by atoms with Crippen LogP contribution in [0.2, 0.25) is 0 Å². The molecule has 0 saturated carbocycles. The second-order valence-corrected chi connectivity index (χ2v) is 5.06. The summed E-state index contributed by atoms with van der Waals surface area (Å²) >= 11 is 0. The Hall–Kier alpha value is -2.76. The first-order valence-electron chi connectivity index (χ1n) is 6.94. The molecule has 0 fully saturated rings. The maximum absolute atomic E-state index is 13.7. The Bertz CT molecular complexity index is 720. The Morgan fingerprint density at radius 3 is 2.35 bits per heavy atom. The maximum atomic E-state index is 13.7. The van der Waals surface area contributed by atoms with E-state index in [1.165, 1.54) is 18.9 Å². The number of hydrogen-bond acceptors (Lipinski definition) is 2. The van der Waals surface area contributed by atoms with Crippen LogP contribution in [0.15, 0.2) is 48.5 Å². The van der Waals surface area contributed by atoms with E-state index in [4.69, 9.17) is 0 Å². The maximum Gasteiger partial charge on any atom is 0.251 e. The van der Waals surface area contributed by atoms with Gasteiger partial charge in [-0.05, 0) is 17.7 Å². The first kappa shape index (κ1) is 16.6. The first-order chi connectivity index (χ1) is 10.9. The highest BCUT2D eigenvalue weighted by atomic mass is 19.1. The molecular formula is C17H16F2N2O2. The van der Waals surface area contributed by atoms with Gasteiger partial charge in [-0.1, -0.05) is 30.3 Å². The highest BCUT2D eigenvalue weighted by Crippen LogP contribution is 2.23. The lowest BCUT2D eigenvalue weighted by Crippen LogP contribution is -2.37. The largest absolute Gasteiger partial charge is 0.330 e. The van der Waals surface area contributed by atoms with E-state index in [9.17, 15) is 18.4 Å². The summed E-state index contributed by atoms with van der Waals surface area (Å²) in [5, 5.41) is 2.34. The zero-order chi connectivity index (χ0) is 17.0. The lowest BCUT2D eigenvalue weighted by molar-refractivity contribution is -0.135. The summed E-state index contributed by atoms with van der Waals surface area (Å²) in [6.45, 7) is 1.33. The van der Waals surface area contributed by atoms with Crippen molar-refractivity contribution in [3.8, 4) is 0 Å². The van der Waals surface area contributed by atoms with Crippen molar-refractivity contribution >= 4 is 17.5 Å². The minimum Gasteiger partial charge on any atom is -0.330 e. The average Bonchev–Trinajstić information content (AvgIpc) is 2.52. The van der Waals surface area contributed by atoms with Crippen LogP contribution in [0, 0.1) is 11.6 Å². The zero-order valence-corrected chi connectivity index (χ0v) is 12.7. The van der Waals surface area contributed by atoms with Crippen molar-refractivity contribution in [1.82, 2.24) is 4.90 Å². The third-order valence-corrected chi connectivity index (χ3v) is 3.43. The molecule has 23 heavy (non-hydrogen) atoms. The Morgan fingerprint density at radius 2 is 1.74 bits per heavy atom. The lowest BCUT2D eigenvalue weighted by Gasteiger charge is -2.26. The minimum absolute atomic E-state index is 0.270. The average molecular weight is 318 g/mol. The van der Waals surface area contributed by atoms with Crippen molar-refractivity contribution in [2.75, 3.05) is 12.4 Å². The summed E-state index contributed by atoms with van der Waals surface area (Å²) in [5.74, 6) is -2.37. The molecule has 0 radical (unpaired) electrons. The SMILES string of the molecule is CC(=O)N(C)[C@@H](C(=O)Nc1cc(F)ccc1F)c1ccccc1. The van der Waals surface area contributed by atoms with E-state index in [0.29, 0.717) is 5.56 Å². The van der Waals surface area contributed by atoms with E-state index in [0.717, 1.165) is 18.2 Å². The molecule has 2 aromatic carbocycles. The van der Waals surface area contributed by atoms with Crippen molar-refractivity contribution in [2.24, 2.45) is 0 Å². The number of likely N-dealkylation sites (N-methyl/N-ethyl adjacent to an activating group) is 1. The third kappa shape index (κ3) is 3.91. The zero-order valence-electron chi connectivity index (χ0n) is 12.7. The van der Waals surface area contributed by atoms with Crippen LogP contribution in [0.3, 0.4) is 0 Å². The molecule has 1 N–H and O–H groups in total. The normalized spacial score (nSPS) is 11.7. The molecule has 120 valence electrons. The Morgan fingerprint density at radius 1 is 1.09 bits per heavy atom. The van der Waals surface area contributed by atoms with Gasteiger partial charge in [0, 0.05) is 20.0 Å². The van der Waals surface area contributed by atoms with Gasteiger partial charge in [-0.2, -0.15) is 0 Å². The summed E-state index contributed by atoms with van der Waals surface area (Å²) in [6, 6.07) is 10.4. The van der Waals surface area contributed by atoms with Crippen molar-refractivity contribution in [3.63, 3.8) is 0 Å². The molecule has 0 saturated heterocycles. The quantitative estimate of drug-likeness (QED) is 0.941. The third-order valence-electron chi connectivity index (χ3n) is 3.43. The van der Waals surface area contributed by atoms with Crippen LogP contribution in [0.4, 0.5) is 14.5 Å². The molecule has 0 aromatic heterocycles. The highest BCUT2D eigenvalue weighted by Gasteiger charge is 2.27. The van der Waals surface area contributed by atoms with Gasteiger partial charge in [-0.15, -0.1) is 0 Å². The molecule has 4 nitrogen and oxygen atoms in total. The number of halogens is 2. The van der Waals surface area contributed by atoms with Gasteiger partial charge in [-0.3, -0.25) is 9.59 Å². The van der Waals surface area contributed by atoms with Gasteiger partial charge >= 0.3 is 0 Å². The predicted molar refractivity (Wildman–Crippen MR) is 82.6 cm³/mol. The number of carbonyl (C=O) groups excluding carboxylic acids is 2. The molecule has 2 amide bonds. The summed E-state index contributed by atoms with van der Waals surface area (Å²) in [6.07, 6.45) is 0. The molecule has 0 unspecified atom stereocenters. The van der Waals surface area contributed by atoms with E-state index in [-0.39, 0.29) is 11.6 Å². The second-order valence-electron chi connectivity index (χ2n) is 5.06. The number of benzene rings is 2. The van der Waals surface area contributed by atoms with Gasteiger partial charge < -0.3 is 10.2 Å². The van der Waals surface area contributed by atoms with Gasteiger partial charge in [0.2, 0.25) is 5.91 Å². The van der Waals surface area contributed by atoms with Crippen LogP contribution in [0.25, 0.3) is 0 Å². The number of anilines is 1. The molecule has 0 bridgehead atoms. The summed E-state index contributed by atoms with van der Waals surface area (Å²) in [5.41, 5.74) is 0.299. The number of rotatable bonds is 4. The topological polar surface area (TPSA) is 49.4 Å². The van der Waals surface area contributed by atoms with Crippen molar-refractivity contribution in [3.05, 3.63) is 65.7 Å². The van der Waals surface area contributed by atoms with E-state index >= 15 is 0 Å². The van der Waals surface area contributed by atoms with Crippen LogP contribution >= 0.6 is 0 Å². The van der Waals surface area contributed by atoms with Gasteiger partial charge in [0.1, 0.15) is 17.7 Å². The standard InChI is InChI=1S/C17H16F2N2O2/c1-11(22)21(2)16(12-6-4-3-5-7-12)17(23)20-15-10-13(18)8-9-14(15)19/h3-10,16H,1-2H3,(H,20,23)/t16-/m1/s1. The summed E-state index contributed by atoms with van der Waals surface area (Å²) in [7, 11) is 1.47. The van der Waals surface area contributed by atoms with Crippen LogP contribution < -0.4 is 5.32 Å². The van der Waals surface area contributed by atoms with Gasteiger partial charge in [-0.25, -0.2) is 8.78 Å². The molecule has 2 aromatic rings. The molecule has 2 rings (SSSR count). The van der Waals surface area contributed by atoms with Crippen molar-refractivity contribution in [2.45, 2.75) is 13.0 Å². The molecule has 0 heterocycles. The molecule has 0 spiro atoms. The van der Waals surface area contributed by atoms with Crippen LogP contribution in [-0.4, -0.2) is 23.8 Å². The molecule has 1 atom stereocenters. The minimum atomic E-state index is -0.948. The van der Waals surface area contributed by atoms with Gasteiger partial charge in [0.05, 0.1) is 5.69 Å². The summed E-state index contributed by atoms with van der Waals surface area (Å²) in [4.78, 5) is 25.4. The monoisotopic (exact) mass is 318 g/mol. The fourth-order valence-electron chi connectivity index (χ4n) is 2.16. The molecule has 0 aliphatic heterocycles. The van der Waals surface area contributed by atoms with Crippen LogP contribution in [0.5, 0.6) is 0 Å². The Balaban J connectivity index is 2.34. The predicted octanol–water partition coefficient (Wildman–Crippen LogP) is 3.12. The molecule has 0 aliphatic rings. The first-order valence-corrected chi connectivity index (χ1v) is 6.94. The van der Waals surface area contributed by atoms with E-state index in [2.05, 4.69) is 5.32 Å². The molecule has 6 heteroatoms. The number of nitrogens with zero attached hydrogens (tertiary/aromatic N) is 1. The summed E-state index contributed by atoms with van der Waals surface area (Å²) < 4.78 is 26.9. The van der Waals surface area contributed by atoms with E-state index in [1.54, 1.807) is 30.3 Å². The van der Waals surface area contributed by atoms with Gasteiger partial charge in [0.15, 0.2) is 0 Å². The molecule has 0 aliphatic carbocycles. The fraction of sp³-hybridized carbons (Fsp3) is 0.176. The number of hydrogen-bond donors (Lipinski definition) is 1. The number of amides is 2. The van der Waals surface area contributed by atoms with E-state index < -0.39 is 23.6 Å². The van der Waals surface area contributed by atoms with Crippen LogP contribution in [0.1, 0.15) is 18.5 Å². The number of carbonyl (C=O) groups is 2. The Kier molecular flexibility index (Phi) is 5.05. The fourth-order valence-corrected chi connectivity index (χ4v) is 2.16. The van der Waals surface area contributed by atoms with E-state index in [1.807, 2.05) is 0 Å². The van der Waals surface area contributed by atoms with Crippen LogP contribution in [-0.2, 0) is 9.59 Å². The second kappa shape index (κ2) is 7.00. The highest BCUT2D eigenvalue weighted by molar-refractivity contribution is 5.97. The van der Waals surface area contributed by atoms with Crippen molar-refractivity contribution < 1.29 is 18.4 Å². The van der Waals surface area contributed by atoms with Gasteiger partial charge in [0.25, 0.3) is 5.91 Å². The number of nitrogens with one attached hydrogen (secondary N) is 1. The smallest absolute Gasteiger partial charge is 0.251 e. The molecular weight excluding hydrogens is 302 g/mol. The van der Waals surface area contributed by atoms with Crippen molar-refractivity contribution in [1.29, 1.82) is 0 Å². The lowest BCUT2D eigenvalue weighted by atomic mass is 10.0. The Labute approximate surface area is 132 Å².